The number of hydrogen-bond acceptors (Lipinski definition) is 3. The van der Waals surface area contributed by atoms with Crippen LogP contribution in [0.4, 0.5) is 4.39 Å². The van der Waals surface area contributed by atoms with Crippen molar-refractivity contribution in [2.45, 2.75) is 13.8 Å². The number of allylic oxidation sites excluding steroid dienone is 1. The molecule has 27 heavy (non-hydrogen) atoms. The zero-order chi connectivity index (χ0) is 19.0. The molecule has 1 aliphatic heterocycles. The molecule has 134 valence electrons. The molecule has 2 aromatic carbocycles. The van der Waals surface area contributed by atoms with Gasteiger partial charge in [0.25, 0.3) is 0 Å². The summed E-state index contributed by atoms with van der Waals surface area (Å²) in [6.07, 6.45) is 1.83. The van der Waals surface area contributed by atoms with E-state index in [-0.39, 0.29) is 12.6 Å². The highest BCUT2D eigenvalue weighted by Crippen LogP contribution is 2.35. The zero-order valence-corrected chi connectivity index (χ0v) is 15.0. The summed E-state index contributed by atoms with van der Waals surface area (Å²) in [5, 5.41) is 9.55. The van der Waals surface area contributed by atoms with Crippen LogP contribution in [0.2, 0.25) is 0 Å². The molecular formula is C22H17FN2O2. The monoisotopic (exact) mass is 360 g/mol. The van der Waals surface area contributed by atoms with Crippen LogP contribution in [0.15, 0.2) is 48.5 Å². The van der Waals surface area contributed by atoms with E-state index in [4.69, 9.17) is 9.47 Å². The molecule has 0 amide bonds. The van der Waals surface area contributed by atoms with Gasteiger partial charge in [-0.15, -0.1) is 0 Å². The van der Waals surface area contributed by atoms with E-state index in [1.165, 1.54) is 12.1 Å². The fraction of sp³-hybridized carbons (Fsp3) is 0.136. The number of nitrogens with zero attached hydrogens (tertiary/aromatic N) is 2. The first kappa shape index (κ1) is 16.9. The number of aromatic nitrogens is 1. The molecule has 5 heteroatoms. The number of nitriles is 1. The third-order valence-electron chi connectivity index (χ3n) is 4.66. The van der Waals surface area contributed by atoms with E-state index in [1.54, 1.807) is 12.1 Å². The number of ether oxygens (including phenoxy) is 2. The van der Waals surface area contributed by atoms with E-state index in [0.29, 0.717) is 11.1 Å². The van der Waals surface area contributed by atoms with Gasteiger partial charge >= 0.3 is 0 Å². The molecule has 0 N–H and O–H groups in total. The van der Waals surface area contributed by atoms with Crippen molar-refractivity contribution in [2.24, 2.45) is 0 Å². The summed E-state index contributed by atoms with van der Waals surface area (Å²) in [5.41, 5.74) is 5.11. The number of rotatable bonds is 3. The minimum absolute atomic E-state index is 0.236. The Labute approximate surface area is 156 Å². The minimum Gasteiger partial charge on any atom is -0.454 e. The maximum atomic E-state index is 13.2. The van der Waals surface area contributed by atoms with Crippen molar-refractivity contribution < 1.29 is 13.9 Å². The van der Waals surface area contributed by atoms with Gasteiger partial charge in [0.1, 0.15) is 5.82 Å². The van der Waals surface area contributed by atoms with Gasteiger partial charge in [0.15, 0.2) is 11.5 Å². The Balaban J connectivity index is 1.76. The molecule has 2 heterocycles. The Morgan fingerprint density at radius 1 is 1.07 bits per heavy atom. The molecule has 0 aliphatic carbocycles. The zero-order valence-electron chi connectivity index (χ0n) is 15.0. The van der Waals surface area contributed by atoms with Crippen molar-refractivity contribution in [2.75, 3.05) is 6.79 Å². The van der Waals surface area contributed by atoms with Crippen molar-refractivity contribution in [3.8, 4) is 23.3 Å². The molecule has 1 aromatic heterocycles. The maximum Gasteiger partial charge on any atom is 0.231 e. The average Bonchev–Trinajstić information content (AvgIpc) is 3.24. The Hall–Kier alpha value is -3.52. The summed E-state index contributed by atoms with van der Waals surface area (Å²) in [6, 6.07) is 16.0. The second-order valence-electron chi connectivity index (χ2n) is 6.38. The molecule has 0 saturated heterocycles. The van der Waals surface area contributed by atoms with Gasteiger partial charge in [-0.2, -0.15) is 5.26 Å². The highest BCUT2D eigenvalue weighted by Gasteiger charge is 2.16. The summed E-state index contributed by atoms with van der Waals surface area (Å²) >= 11 is 0. The van der Waals surface area contributed by atoms with E-state index in [2.05, 4.69) is 10.6 Å². The quantitative estimate of drug-likeness (QED) is 0.616. The molecule has 4 rings (SSSR count). The van der Waals surface area contributed by atoms with Crippen LogP contribution < -0.4 is 9.47 Å². The molecular weight excluding hydrogens is 343 g/mol. The standard InChI is InChI=1S/C22H17FN2O2/c1-14-9-17(10-18(12-24)16-3-5-19(23)6-4-16)15(2)25(14)20-7-8-21-22(11-20)27-13-26-21/h3-11H,13H2,1-2H3/b18-10+. The SMILES string of the molecule is Cc1cc(/C=C(\C#N)c2ccc(F)cc2)c(C)n1-c1ccc2c(c1)OCO2. The van der Waals surface area contributed by atoms with Gasteiger partial charge in [-0.05, 0) is 61.4 Å². The third kappa shape index (κ3) is 3.06. The lowest BCUT2D eigenvalue weighted by Gasteiger charge is -2.10. The number of benzene rings is 2. The number of halogens is 1. The number of aryl methyl sites for hydroxylation is 1. The fourth-order valence-electron chi connectivity index (χ4n) is 3.32. The third-order valence-corrected chi connectivity index (χ3v) is 4.66. The molecule has 0 atom stereocenters. The van der Waals surface area contributed by atoms with Gasteiger partial charge in [-0.3, -0.25) is 0 Å². The summed E-state index contributed by atoms with van der Waals surface area (Å²) in [7, 11) is 0. The van der Waals surface area contributed by atoms with Gasteiger partial charge in [0.05, 0.1) is 11.6 Å². The van der Waals surface area contributed by atoms with Gasteiger partial charge in [-0.25, -0.2) is 4.39 Å². The van der Waals surface area contributed by atoms with Crippen LogP contribution >= 0.6 is 0 Å². The highest BCUT2D eigenvalue weighted by molar-refractivity contribution is 5.90. The average molecular weight is 360 g/mol. The van der Waals surface area contributed by atoms with Crippen molar-refractivity contribution in [1.29, 1.82) is 5.26 Å². The fourth-order valence-corrected chi connectivity index (χ4v) is 3.32. The Bertz CT molecular complexity index is 1090. The maximum absolute atomic E-state index is 13.2. The van der Waals surface area contributed by atoms with Gasteiger partial charge < -0.3 is 14.0 Å². The van der Waals surface area contributed by atoms with Crippen LogP contribution in [0, 0.1) is 31.0 Å². The van der Waals surface area contributed by atoms with Crippen LogP contribution in [-0.4, -0.2) is 11.4 Å². The molecule has 0 spiro atoms. The Morgan fingerprint density at radius 3 is 2.56 bits per heavy atom. The summed E-state index contributed by atoms with van der Waals surface area (Å²) in [4.78, 5) is 0. The molecule has 4 nitrogen and oxygen atoms in total. The van der Waals surface area contributed by atoms with Crippen LogP contribution in [-0.2, 0) is 0 Å². The predicted octanol–water partition coefficient (Wildman–Crippen LogP) is 5.03. The molecule has 0 radical (unpaired) electrons. The summed E-state index contributed by atoms with van der Waals surface area (Å²) in [5.74, 6) is 1.14. The Kier molecular flexibility index (Phi) is 4.17. The molecule has 0 bridgehead atoms. The topological polar surface area (TPSA) is 47.2 Å². The van der Waals surface area contributed by atoms with Gasteiger partial charge in [0, 0.05) is 23.1 Å². The minimum atomic E-state index is -0.322. The first-order chi connectivity index (χ1) is 13.1. The lowest BCUT2D eigenvalue weighted by atomic mass is 10.0. The van der Waals surface area contributed by atoms with E-state index < -0.39 is 0 Å². The van der Waals surface area contributed by atoms with E-state index in [0.717, 1.165) is 34.1 Å². The smallest absolute Gasteiger partial charge is 0.231 e. The van der Waals surface area contributed by atoms with Crippen LogP contribution in [0.25, 0.3) is 17.3 Å². The first-order valence-corrected chi connectivity index (χ1v) is 8.53. The van der Waals surface area contributed by atoms with Crippen molar-refractivity contribution in [3.05, 3.63) is 76.9 Å². The first-order valence-electron chi connectivity index (χ1n) is 8.53. The number of hydrogen-bond donors (Lipinski definition) is 0. The lowest BCUT2D eigenvalue weighted by Crippen LogP contribution is -1.99. The van der Waals surface area contributed by atoms with Crippen molar-refractivity contribution >= 4 is 11.6 Å². The number of fused-ring (bicyclic) bond motifs is 1. The lowest BCUT2D eigenvalue weighted by molar-refractivity contribution is 0.174. The van der Waals surface area contributed by atoms with Gasteiger partial charge in [-0.1, -0.05) is 12.1 Å². The van der Waals surface area contributed by atoms with Crippen LogP contribution in [0.1, 0.15) is 22.5 Å². The van der Waals surface area contributed by atoms with Crippen LogP contribution in [0.5, 0.6) is 11.5 Å². The second-order valence-corrected chi connectivity index (χ2v) is 6.38. The predicted molar refractivity (Wildman–Crippen MR) is 101 cm³/mol. The molecule has 3 aromatic rings. The largest absolute Gasteiger partial charge is 0.454 e. The second kappa shape index (κ2) is 6.65. The van der Waals surface area contributed by atoms with Crippen LogP contribution in [0.3, 0.4) is 0 Å². The molecule has 0 saturated carbocycles. The van der Waals surface area contributed by atoms with Crippen molar-refractivity contribution in [1.82, 2.24) is 4.57 Å². The Morgan fingerprint density at radius 2 is 1.81 bits per heavy atom. The molecule has 0 unspecified atom stereocenters. The van der Waals surface area contributed by atoms with Gasteiger partial charge in [0.2, 0.25) is 6.79 Å². The van der Waals surface area contributed by atoms with E-state index in [1.807, 2.05) is 44.2 Å². The normalized spacial score (nSPS) is 12.9. The molecule has 1 aliphatic rings. The van der Waals surface area contributed by atoms with E-state index in [9.17, 15) is 9.65 Å². The van der Waals surface area contributed by atoms with Crippen molar-refractivity contribution in [3.63, 3.8) is 0 Å². The summed E-state index contributed by atoms with van der Waals surface area (Å²) in [6.45, 7) is 4.25. The molecule has 0 fully saturated rings. The summed E-state index contributed by atoms with van der Waals surface area (Å²) < 4.78 is 26.1. The highest BCUT2D eigenvalue weighted by atomic mass is 19.1. The van der Waals surface area contributed by atoms with E-state index >= 15 is 0 Å².